The van der Waals surface area contributed by atoms with Crippen molar-refractivity contribution in [1.82, 2.24) is 0 Å². The van der Waals surface area contributed by atoms with E-state index in [9.17, 15) is 4.79 Å². The van der Waals surface area contributed by atoms with E-state index in [0.717, 1.165) is 17.7 Å². The van der Waals surface area contributed by atoms with Crippen molar-refractivity contribution in [3.63, 3.8) is 0 Å². The number of anilines is 1. The molecule has 4 heteroatoms. The first-order valence-electron chi connectivity index (χ1n) is 6.45. The van der Waals surface area contributed by atoms with Gasteiger partial charge >= 0.3 is 5.97 Å². The summed E-state index contributed by atoms with van der Waals surface area (Å²) < 4.78 is 10.9. The Morgan fingerprint density at radius 2 is 2.33 bits per heavy atom. The quantitative estimate of drug-likeness (QED) is 0.813. The number of esters is 1. The van der Waals surface area contributed by atoms with Crippen molar-refractivity contribution in [3.05, 3.63) is 29.8 Å². The van der Waals surface area contributed by atoms with Gasteiger partial charge in [-0.15, -0.1) is 0 Å². The number of nitrogens with one attached hydrogen (secondary N) is 1. The number of hydrogen-bond donors (Lipinski definition) is 1. The molecule has 2 aliphatic rings. The van der Waals surface area contributed by atoms with Crippen LogP contribution in [0.25, 0.3) is 0 Å². The van der Waals surface area contributed by atoms with Gasteiger partial charge in [-0.3, -0.25) is 0 Å². The number of carbonyl (C=O) groups excluding carboxylic acids is 1. The lowest BCUT2D eigenvalue weighted by Crippen LogP contribution is -2.43. The highest BCUT2D eigenvalue weighted by Crippen LogP contribution is 2.44. The molecule has 0 saturated carbocycles. The van der Waals surface area contributed by atoms with Crippen molar-refractivity contribution < 1.29 is 14.3 Å². The maximum atomic E-state index is 12.0. The third-order valence-electron chi connectivity index (χ3n) is 3.68. The number of para-hydroxylation sites is 1. The molecule has 3 atom stereocenters. The molecule has 1 N–H and O–H groups in total. The molecular weight excluding hydrogens is 230 g/mol. The summed E-state index contributed by atoms with van der Waals surface area (Å²) in [6.45, 7) is 2.95. The molecule has 0 aliphatic carbocycles. The summed E-state index contributed by atoms with van der Waals surface area (Å²) in [5, 5.41) is 3.30. The number of carbonyl (C=O) groups is 1. The van der Waals surface area contributed by atoms with Crippen LogP contribution >= 0.6 is 0 Å². The molecular formula is C14H17NO3. The summed E-state index contributed by atoms with van der Waals surface area (Å²) >= 11 is 0. The van der Waals surface area contributed by atoms with Crippen LogP contribution in [0.2, 0.25) is 0 Å². The highest BCUT2D eigenvalue weighted by molar-refractivity contribution is 5.81. The maximum absolute atomic E-state index is 12.0. The van der Waals surface area contributed by atoms with Gasteiger partial charge in [-0.1, -0.05) is 18.2 Å². The standard InChI is InChI=1S/C14H17NO3/c1-2-17-14(16)12-10-7-8-18-13(10)9-5-3-4-6-11(9)15-12/h3-6,10,12-13,15H,2,7-8H2,1H3/t10-,12-,13+/m0/s1. The summed E-state index contributed by atoms with van der Waals surface area (Å²) in [6.07, 6.45) is 0.923. The van der Waals surface area contributed by atoms with Crippen molar-refractivity contribution in [2.45, 2.75) is 25.5 Å². The number of rotatable bonds is 2. The molecule has 4 nitrogen and oxygen atoms in total. The third kappa shape index (κ3) is 1.77. The zero-order chi connectivity index (χ0) is 12.5. The predicted molar refractivity (Wildman–Crippen MR) is 67.3 cm³/mol. The smallest absolute Gasteiger partial charge is 0.328 e. The van der Waals surface area contributed by atoms with E-state index in [2.05, 4.69) is 11.4 Å². The summed E-state index contributed by atoms with van der Waals surface area (Å²) in [6, 6.07) is 7.73. The Kier molecular flexibility index (Phi) is 2.96. The average Bonchev–Trinajstić information content (AvgIpc) is 2.87. The van der Waals surface area contributed by atoms with Gasteiger partial charge in [0, 0.05) is 23.8 Å². The second-order valence-electron chi connectivity index (χ2n) is 4.71. The molecule has 0 amide bonds. The molecule has 1 fully saturated rings. The van der Waals surface area contributed by atoms with Crippen LogP contribution in [0.5, 0.6) is 0 Å². The van der Waals surface area contributed by atoms with Crippen molar-refractivity contribution in [2.24, 2.45) is 5.92 Å². The van der Waals surface area contributed by atoms with Crippen molar-refractivity contribution in [3.8, 4) is 0 Å². The third-order valence-corrected chi connectivity index (χ3v) is 3.68. The number of hydrogen-bond acceptors (Lipinski definition) is 4. The van der Waals surface area contributed by atoms with Gasteiger partial charge in [-0.05, 0) is 19.4 Å². The Morgan fingerprint density at radius 1 is 1.50 bits per heavy atom. The van der Waals surface area contributed by atoms with E-state index in [1.54, 1.807) is 0 Å². The maximum Gasteiger partial charge on any atom is 0.328 e. The molecule has 18 heavy (non-hydrogen) atoms. The highest BCUT2D eigenvalue weighted by atomic mass is 16.5. The first kappa shape index (κ1) is 11.5. The summed E-state index contributed by atoms with van der Waals surface area (Å²) in [4.78, 5) is 12.0. The molecule has 1 aromatic rings. The molecule has 0 unspecified atom stereocenters. The SMILES string of the molecule is CCOC(=O)[C@H]1Nc2ccccc2[C@H]2OCC[C@@H]12. The fourth-order valence-electron chi connectivity index (χ4n) is 2.88. The molecule has 0 radical (unpaired) electrons. The molecule has 0 spiro atoms. The minimum absolute atomic E-state index is 0.0249. The van der Waals surface area contributed by atoms with E-state index < -0.39 is 0 Å². The van der Waals surface area contributed by atoms with Crippen LogP contribution in [0.1, 0.15) is 25.0 Å². The van der Waals surface area contributed by atoms with E-state index in [0.29, 0.717) is 13.2 Å². The van der Waals surface area contributed by atoms with Crippen molar-refractivity contribution >= 4 is 11.7 Å². The van der Waals surface area contributed by atoms with Crippen molar-refractivity contribution in [2.75, 3.05) is 18.5 Å². The lowest BCUT2D eigenvalue weighted by molar-refractivity contribution is -0.146. The molecule has 3 rings (SSSR count). The molecule has 1 saturated heterocycles. The van der Waals surface area contributed by atoms with Gasteiger partial charge in [0.05, 0.1) is 12.7 Å². The zero-order valence-electron chi connectivity index (χ0n) is 10.4. The van der Waals surface area contributed by atoms with Gasteiger partial charge in [-0.2, -0.15) is 0 Å². The van der Waals surface area contributed by atoms with Crippen LogP contribution < -0.4 is 5.32 Å². The first-order valence-corrected chi connectivity index (χ1v) is 6.45. The number of benzene rings is 1. The highest BCUT2D eigenvalue weighted by Gasteiger charge is 2.44. The minimum Gasteiger partial charge on any atom is -0.464 e. The first-order chi connectivity index (χ1) is 8.81. The Morgan fingerprint density at radius 3 is 3.17 bits per heavy atom. The van der Waals surface area contributed by atoms with Gasteiger partial charge < -0.3 is 14.8 Å². The van der Waals surface area contributed by atoms with Gasteiger partial charge in [0.2, 0.25) is 0 Å². The summed E-state index contributed by atoms with van der Waals surface area (Å²) in [5.74, 6) is 0.00598. The fourth-order valence-corrected chi connectivity index (χ4v) is 2.88. The fraction of sp³-hybridized carbons (Fsp3) is 0.500. The van der Waals surface area contributed by atoms with Gasteiger partial charge in [0.1, 0.15) is 6.04 Å². The average molecular weight is 247 g/mol. The Balaban J connectivity index is 1.93. The lowest BCUT2D eigenvalue weighted by Gasteiger charge is -2.34. The molecule has 1 aromatic carbocycles. The zero-order valence-corrected chi connectivity index (χ0v) is 10.4. The minimum atomic E-state index is -0.285. The lowest BCUT2D eigenvalue weighted by atomic mass is 9.84. The molecule has 2 aliphatic heterocycles. The van der Waals surface area contributed by atoms with E-state index in [1.165, 1.54) is 0 Å². The second kappa shape index (κ2) is 4.61. The summed E-state index contributed by atoms with van der Waals surface area (Å²) in [5.41, 5.74) is 2.14. The van der Waals surface area contributed by atoms with Gasteiger partial charge in [0.25, 0.3) is 0 Å². The van der Waals surface area contributed by atoms with E-state index in [1.807, 2.05) is 25.1 Å². The van der Waals surface area contributed by atoms with Crippen LogP contribution in [0, 0.1) is 5.92 Å². The second-order valence-corrected chi connectivity index (χ2v) is 4.71. The predicted octanol–water partition coefficient (Wildman–Crippen LogP) is 2.12. The van der Waals surface area contributed by atoms with Crippen LogP contribution in [0.15, 0.2) is 24.3 Å². The Hall–Kier alpha value is -1.55. The largest absolute Gasteiger partial charge is 0.464 e. The Bertz CT molecular complexity index is 460. The van der Waals surface area contributed by atoms with E-state index in [-0.39, 0.29) is 24.0 Å². The van der Waals surface area contributed by atoms with Gasteiger partial charge in [-0.25, -0.2) is 4.79 Å². The van der Waals surface area contributed by atoms with Crippen LogP contribution in [-0.2, 0) is 14.3 Å². The topological polar surface area (TPSA) is 47.6 Å². The number of ether oxygens (including phenoxy) is 2. The number of fused-ring (bicyclic) bond motifs is 3. The van der Waals surface area contributed by atoms with Crippen LogP contribution in [0.3, 0.4) is 0 Å². The van der Waals surface area contributed by atoms with Gasteiger partial charge in [0.15, 0.2) is 0 Å². The monoisotopic (exact) mass is 247 g/mol. The Labute approximate surface area is 106 Å². The molecule has 0 aromatic heterocycles. The van der Waals surface area contributed by atoms with Crippen molar-refractivity contribution in [1.29, 1.82) is 0 Å². The van der Waals surface area contributed by atoms with E-state index >= 15 is 0 Å². The normalized spacial score (nSPS) is 29.1. The summed E-state index contributed by atoms with van der Waals surface area (Å²) in [7, 11) is 0. The van der Waals surface area contributed by atoms with Crippen LogP contribution in [-0.4, -0.2) is 25.2 Å². The van der Waals surface area contributed by atoms with E-state index in [4.69, 9.17) is 9.47 Å². The van der Waals surface area contributed by atoms with Crippen LogP contribution in [0.4, 0.5) is 5.69 Å². The molecule has 96 valence electrons. The molecule has 0 bridgehead atoms. The molecule has 2 heterocycles.